The maximum Gasteiger partial charge on any atom is 0.0594 e. The van der Waals surface area contributed by atoms with Crippen molar-refractivity contribution in [1.82, 2.24) is 10.2 Å². The fraction of sp³-hybridized carbons (Fsp3) is 1.00. The summed E-state index contributed by atoms with van der Waals surface area (Å²) in [5.41, 5.74) is 0.229. The predicted octanol–water partition coefficient (Wildman–Crippen LogP) is 2.90. The molecule has 0 radical (unpaired) electrons. The highest BCUT2D eigenvalue weighted by Gasteiger charge is 2.28. The standard InChI is InChI=1S/C16H34N2O/c1-6-14(3)12-15(7-2)17-13-16(4,5)18-8-10-19-11-9-18/h14-15,17H,6-13H2,1-5H3. The van der Waals surface area contributed by atoms with Crippen molar-refractivity contribution in [1.29, 1.82) is 0 Å². The zero-order chi connectivity index (χ0) is 14.3. The average molecular weight is 270 g/mol. The summed E-state index contributed by atoms with van der Waals surface area (Å²) in [6.07, 6.45) is 3.81. The first kappa shape index (κ1) is 16.9. The summed E-state index contributed by atoms with van der Waals surface area (Å²) in [5.74, 6) is 0.823. The van der Waals surface area contributed by atoms with Gasteiger partial charge in [0.15, 0.2) is 0 Å². The van der Waals surface area contributed by atoms with Crippen LogP contribution in [0.1, 0.15) is 53.9 Å². The van der Waals surface area contributed by atoms with Crippen molar-refractivity contribution in [2.75, 3.05) is 32.8 Å². The van der Waals surface area contributed by atoms with Crippen LogP contribution in [-0.2, 0) is 4.74 Å². The quantitative estimate of drug-likeness (QED) is 0.734. The Balaban J connectivity index is 2.38. The van der Waals surface area contributed by atoms with Gasteiger partial charge in [-0.2, -0.15) is 0 Å². The molecule has 1 N–H and O–H groups in total. The SMILES string of the molecule is CCC(C)CC(CC)NCC(C)(C)N1CCOCC1. The predicted molar refractivity (Wildman–Crippen MR) is 82.6 cm³/mol. The Morgan fingerprint density at radius 1 is 1.16 bits per heavy atom. The third kappa shape index (κ3) is 5.80. The van der Waals surface area contributed by atoms with E-state index < -0.39 is 0 Å². The molecule has 1 saturated heterocycles. The summed E-state index contributed by atoms with van der Waals surface area (Å²) in [6, 6.07) is 0.662. The van der Waals surface area contributed by atoms with Gasteiger partial charge in [0.2, 0.25) is 0 Å². The molecule has 3 nitrogen and oxygen atoms in total. The summed E-state index contributed by atoms with van der Waals surface area (Å²) in [6.45, 7) is 16.6. The molecule has 2 atom stereocenters. The highest BCUT2D eigenvalue weighted by atomic mass is 16.5. The van der Waals surface area contributed by atoms with Gasteiger partial charge in [-0.15, -0.1) is 0 Å². The Labute approximate surface area is 120 Å². The molecule has 1 aliphatic heterocycles. The summed E-state index contributed by atoms with van der Waals surface area (Å²) in [5, 5.41) is 3.79. The molecule has 1 fully saturated rings. The summed E-state index contributed by atoms with van der Waals surface area (Å²) in [4.78, 5) is 2.56. The lowest BCUT2D eigenvalue weighted by Crippen LogP contribution is -2.55. The summed E-state index contributed by atoms with van der Waals surface area (Å²) in [7, 11) is 0. The second kappa shape index (κ2) is 8.23. The molecular weight excluding hydrogens is 236 g/mol. The first-order valence-corrected chi connectivity index (χ1v) is 8.05. The number of rotatable bonds is 8. The molecular formula is C16H34N2O. The Morgan fingerprint density at radius 2 is 1.79 bits per heavy atom. The number of nitrogens with zero attached hydrogens (tertiary/aromatic N) is 1. The smallest absolute Gasteiger partial charge is 0.0594 e. The van der Waals surface area contributed by atoms with Crippen molar-refractivity contribution in [3.8, 4) is 0 Å². The first-order valence-electron chi connectivity index (χ1n) is 8.05. The maximum atomic E-state index is 5.45. The van der Waals surface area contributed by atoms with E-state index >= 15 is 0 Å². The van der Waals surface area contributed by atoms with Crippen LogP contribution >= 0.6 is 0 Å². The molecule has 0 aromatic carbocycles. The molecule has 1 heterocycles. The maximum absolute atomic E-state index is 5.45. The lowest BCUT2D eigenvalue weighted by Gasteiger charge is -2.41. The number of nitrogens with one attached hydrogen (secondary N) is 1. The van der Waals surface area contributed by atoms with Gasteiger partial charge >= 0.3 is 0 Å². The lowest BCUT2D eigenvalue weighted by atomic mass is 9.96. The van der Waals surface area contributed by atoms with Gasteiger partial charge in [-0.1, -0.05) is 27.2 Å². The number of hydrogen-bond donors (Lipinski definition) is 1. The van der Waals surface area contributed by atoms with Gasteiger partial charge in [-0.25, -0.2) is 0 Å². The molecule has 0 aromatic rings. The van der Waals surface area contributed by atoms with E-state index in [0.29, 0.717) is 6.04 Å². The fourth-order valence-corrected chi connectivity index (χ4v) is 2.72. The van der Waals surface area contributed by atoms with Gasteiger partial charge in [0.05, 0.1) is 13.2 Å². The molecule has 0 aromatic heterocycles. The third-order valence-electron chi connectivity index (χ3n) is 4.57. The number of hydrogen-bond acceptors (Lipinski definition) is 3. The average Bonchev–Trinajstić information content (AvgIpc) is 2.44. The van der Waals surface area contributed by atoms with Gasteiger partial charge in [-0.3, -0.25) is 4.90 Å². The van der Waals surface area contributed by atoms with Crippen LogP contribution in [0.25, 0.3) is 0 Å². The number of ether oxygens (including phenoxy) is 1. The normalized spacial score (nSPS) is 21.3. The van der Waals surface area contributed by atoms with Crippen molar-refractivity contribution in [3.63, 3.8) is 0 Å². The van der Waals surface area contributed by atoms with Gasteiger partial charge in [-0.05, 0) is 32.6 Å². The van der Waals surface area contributed by atoms with Crippen LogP contribution in [0.3, 0.4) is 0 Å². The molecule has 19 heavy (non-hydrogen) atoms. The fourth-order valence-electron chi connectivity index (χ4n) is 2.72. The lowest BCUT2D eigenvalue weighted by molar-refractivity contribution is -0.0106. The largest absolute Gasteiger partial charge is 0.379 e. The number of morpholine rings is 1. The van der Waals surface area contributed by atoms with E-state index in [1.807, 2.05) is 0 Å². The monoisotopic (exact) mass is 270 g/mol. The molecule has 2 unspecified atom stereocenters. The van der Waals surface area contributed by atoms with Gasteiger partial charge in [0, 0.05) is 31.2 Å². The van der Waals surface area contributed by atoms with Crippen LogP contribution < -0.4 is 5.32 Å². The second-order valence-corrected chi connectivity index (χ2v) is 6.65. The van der Waals surface area contributed by atoms with Crippen LogP contribution in [0.2, 0.25) is 0 Å². The molecule has 3 heteroatoms. The van der Waals surface area contributed by atoms with E-state index in [1.54, 1.807) is 0 Å². The van der Waals surface area contributed by atoms with Crippen LogP contribution in [0.15, 0.2) is 0 Å². The van der Waals surface area contributed by atoms with Crippen LogP contribution in [0.4, 0.5) is 0 Å². The highest BCUT2D eigenvalue weighted by Crippen LogP contribution is 2.17. The minimum atomic E-state index is 0.229. The molecule has 1 rings (SSSR count). The first-order chi connectivity index (χ1) is 8.99. The third-order valence-corrected chi connectivity index (χ3v) is 4.57. The van der Waals surface area contributed by atoms with Gasteiger partial charge in [0.25, 0.3) is 0 Å². The van der Waals surface area contributed by atoms with E-state index in [4.69, 9.17) is 4.74 Å². The van der Waals surface area contributed by atoms with E-state index in [9.17, 15) is 0 Å². The summed E-state index contributed by atoms with van der Waals surface area (Å²) >= 11 is 0. The van der Waals surface area contributed by atoms with Crippen LogP contribution in [0.5, 0.6) is 0 Å². The molecule has 0 bridgehead atoms. The van der Waals surface area contributed by atoms with Crippen LogP contribution in [0, 0.1) is 5.92 Å². The molecule has 0 amide bonds. The van der Waals surface area contributed by atoms with E-state index in [1.165, 1.54) is 19.3 Å². The molecule has 0 aliphatic carbocycles. The summed E-state index contributed by atoms with van der Waals surface area (Å²) < 4.78 is 5.45. The molecule has 114 valence electrons. The van der Waals surface area contributed by atoms with E-state index in [2.05, 4.69) is 44.8 Å². The van der Waals surface area contributed by atoms with E-state index in [-0.39, 0.29) is 5.54 Å². The topological polar surface area (TPSA) is 24.5 Å². The molecule has 0 saturated carbocycles. The second-order valence-electron chi connectivity index (χ2n) is 6.65. The van der Waals surface area contributed by atoms with E-state index in [0.717, 1.165) is 38.8 Å². The van der Waals surface area contributed by atoms with Gasteiger partial charge < -0.3 is 10.1 Å². The van der Waals surface area contributed by atoms with Crippen molar-refractivity contribution in [2.45, 2.75) is 65.5 Å². The van der Waals surface area contributed by atoms with Crippen LogP contribution in [-0.4, -0.2) is 49.3 Å². The molecule has 0 spiro atoms. The van der Waals surface area contributed by atoms with Gasteiger partial charge in [0.1, 0.15) is 0 Å². The minimum Gasteiger partial charge on any atom is -0.379 e. The van der Waals surface area contributed by atoms with Crippen molar-refractivity contribution in [3.05, 3.63) is 0 Å². The zero-order valence-electron chi connectivity index (χ0n) is 13.7. The van der Waals surface area contributed by atoms with Crippen molar-refractivity contribution < 1.29 is 4.74 Å². The van der Waals surface area contributed by atoms with Crippen molar-refractivity contribution in [2.24, 2.45) is 5.92 Å². The van der Waals surface area contributed by atoms with Crippen molar-refractivity contribution >= 4 is 0 Å². The minimum absolute atomic E-state index is 0.229. The Hall–Kier alpha value is -0.120. The highest BCUT2D eigenvalue weighted by molar-refractivity contribution is 4.86. The molecule has 1 aliphatic rings. The Morgan fingerprint density at radius 3 is 2.32 bits per heavy atom. The zero-order valence-corrected chi connectivity index (χ0v) is 13.7. The Kier molecular flexibility index (Phi) is 7.33. The Bertz CT molecular complexity index is 237.